The first-order valence-corrected chi connectivity index (χ1v) is 10.0. The van der Waals surface area contributed by atoms with Gasteiger partial charge in [-0.05, 0) is 46.5 Å². The number of anilines is 3. The van der Waals surface area contributed by atoms with E-state index in [4.69, 9.17) is 0 Å². The van der Waals surface area contributed by atoms with E-state index in [0.29, 0.717) is 21.5 Å². The average molecular weight is 447 g/mol. The van der Waals surface area contributed by atoms with Crippen LogP contribution in [-0.4, -0.2) is 36.1 Å². The fourth-order valence-corrected chi connectivity index (χ4v) is 3.22. The van der Waals surface area contributed by atoms with Gasteiger partial charge < -0.3 is 15.7 Å². The number of aromatic nitrogens is 2. The van der Waals surface area contributed by atoms with E-state index in [2.05, 4.69) is 36.5 Å². The normalized spacial score (nSPS) is 12.9. The van der Waals surface area contributed by atoms with E-state index < -0.39 is 15.1 Å². The average Bonchev–Trinajstić information content (AvgIpc) is 2.55. The highest BCUT2D eigenvalue weighted by Crippen LogP contribution is 2.26. The van der Waals surface area contributed by atoms with Crippen molar-refractivity contribution >= 4 is 43.6 Å². The molecule has 3 N–H and O–H groups in total. The maximum atomic E-state index is 13.3. The van der Waals surface area contributed by atoms with E-state index in [0.717, 1.165) is 0 Å². The Bertz CT molecular complexity index is 893. The summed E-state index contributed by atoms with van der Waals surface area (Å²) >= 11 is 3.34. The van der Waals surface area contributed by atoms with Crippen LogP contribution in [-0.2, 0) is 10.2 Å². The zero-order valence-corrected chi connectivity index (χ0v) is 16.9. The van der Waals surface area contributed by atoms with Crippen molar-refractivity contribution in [3.05, 3.63) is 34.4 Å². The first-order chi connectivity index (χ1) is 12.1. The number of hydrogen-bond donors (Lipinski definition) is 3. The maximum absolute atomic E-state index is 13.3. The van der Waals surface area contributed by atoms with Gasteiger partial charge in [0.15, 0.2) is 0 Å². The van der Waals surface area contributed by atoms with Gasteiger partial charge in [-0.15, -0.1) is 3.89 Å². The lowest BCUT2D eigenvalue weighted by molar-refractivity contribution is 0.249. The summed E-state index contributed by atoms with van der Waals surface area (Å²) in [4.78, 5) is 8.02. The molecule has 10 heteroatoms. The van der Waals surface area contributed by atoms with Gasteiger partial charge in [0.05, 0.1) is 17.1 Å². The molecule has 142 valence electrons. The van der Waals surface area contributed by atoms with Crippen LogP contribution in [0.2, 0.25) is 0 Å². The number of rotatable bonds is 7. The SMILES string of the molecule is Cc1ccc(Nc2ncc(Br)c(N[C@H](CO)C(C)C)n2)cc1S(=O)(=O)F. The zero-order valence-electron chi connectivity index (χ0n) is 14.5. The predicted molar refractivity (Wildman–Crippen MR) is 102 cm³/mol. The molecule has 0 saturated heterocycles. The topological polar surface area (TPSA) is 104 Å². The number of nitrogens with zero attached hydrogens (tertiary/aromatic N) is 2. The fourth-order valence-electron chi connectivity index (χ4n) is 2.20. The Hall–Kier alpha value is -1.78. The lowest BCUT2D eigenvalue weighted by Crippen LogP contribution is -2.30. The van der Waals surface area contributed by atoms with E-state index in [-0.39, 0.29) is 24.5 Å². The summed E-state index contributed by atoms with van der Waals surface area (Å²) in [6.45, 7) is 5.38. The summed E-state index contributed by atoms with van der Waals surface area (Å²) < 4.78 is 36.4. The molecule has 1 heterocycles. The van der Waals surface area contributed by atoms with Crippen molar-refractivity contribution in [2.45, 2.75) is 31.7 Å². The molecule has 1 aromatic heterocycles. The summed E-state index contributed by atoms with van der Waals surface area (Å²) in [6.07, 6.45) is 1.52. The molecule has 0 aliphatic carbocycles. The fraction of sp³-hybridized carbons (Fsp3) is 0.375. The molecule has 0 unspecified atom stereocenters. The summed E-state index contributed by atoms with van der Waals surface area (Å²) in [7, 11) is -4.82. The summed E-state index contributed by atoms with van der Waals surface area (Å²) in [5.74, 6) is 0.843. The van der Waals surface area contributed by atoms with Crippen molar-refractivity contribution < 1.29 is 17.4 Å². The molecule has 1 atom stereocenters. The smallest absolute Gasteiger partial charge is 0.332 e. The Labute approximate surface area is 160 Å². The first kappa shape index (κ1) is 20.5. The highest BCUT2D eigenvalue weighted by atomic mass is 79.9. The van der Waals surface area contributed by atoms with Gasteiger partial charge >= 0.3 is 10.2 Å². The Morgan fingerprint density at radius 1 is 1.35 bits per heavy atom. The van der Waals surface area contributed by atoms with Gasteiger partial charge in [-0.3, -0.25) is 0 Å². The third-order valence-electron chi connectivity index (χ3n) is 3.77. The number of aryl methyl sites for hydroxylation is 1. The summed E-state index contributed by atoms with van der Waals surface area (Å²) in [5, 5.41) is 15.4. The van der Waals surface area contributed by atoms with Gasteiger partial charge in [0, 0.05) is 11.9 Å². The van der Waals surface area contributed by atoms with Crippen LogP contribution in [0.15, 0.2) is 33.8 Å². The number of aliphatic hydroxyl groups excluding tert-OH is 1. The van der Waals surface area contributed by atoms with Crippen LogP contribution < -0.4 is 10.6 Å². The predicted octanol–water partition coefficient (Wildman–Crippen LogP) is 3.38. The molecule has 0 spiro atoms. The number of nitrogens with one attached hydrogen (secondary N) is 2. The summed E-state index contributed by atoms with van der Waals surface area (Å²) in [6, 6.07) is 4.09. The van der Waals surface area contributed by atoms with E-state index in [1.165, 1.54) is 25.3 Å². The first-order valence-electron chi connectivity index (χ1n) is 7.84. The molecule has 0 bridgehead atoms. The van der Waals surface area contributed by atoms with Crippen molar-refractivity contribution in [3.8, 4) is 0 Å². The monoisotopic (exact) mass is 446 g/mol. The van der Waals surface area contributed by atoms with E-state index in [9.17, 15) is 17.4 Å². The Balaban J connectivity index is 2.30. The Morgan fingerprint density at radius 3 is 2.62 bits per heavy atom. The third-order valence-corrected chi connectivity index (χ3v) is 5.32. The van der Waals surface area contributed by atoms with Gasteiger partial charge in [-0.25, -0.2) is 4.98 Å². The van der Waals surface area contributed by atoms with Gasteiger partial charge in [0.1, 0.15) is 10.7 Å². The second-order valence-electron chi connectivity index (χ2n) is 6.11. The lowest BCUT2D eigenvalue weighted by atomic mass is 10.1. The molecule has 7 nitrogen and oxygen atoms in total. The Kier molecular flexibility index (Phi) is 6.53. The second-order valence-corrected chi connectivity index (χ2v) is 8.28. The molecule has 0 aliphatic heterocycles. The van der Waals surface area contributed by atoms with Crippen LogP contribution >= 0.6 is 15.9 Å². The molecule has 26 heavy (non-hydrogen) atoms. The van der Waals surface area contributed by atoms with Crippen molar-refractivity contribution in [3.63, 3.8) is 0 Å². The second kappa shape index (κ2) is 8.28. The van der Waals surface area contributed by atoms with Crippen LogP contribution in [0.4, 0.5) is 21.3 Å². The summed E-state index contributed by atoms with van der Waals surface area (Å²) in [5.41, 5.74) is 0.641. The molecular formula is C16H20BrFN4O3S. The Morgan fingerprint density at radius 2 is 2.04 bits per heavy atom. The van der Waals surface area contributed by atoms with Crippen molar-refractivity contribution in [2.24, 2.45) is 5.92 Å². The molecule has 0 radical (unpaired) electrons. The van der Waals surface area contributed by atoms with Crippen LogP contribution in [0.25, 0.3) is 0 Å². The van der Waals surface area contributed by atoms with E-state index >= 15 is 0 Å². The largest absolute Gasteiger partial charge is 0.394 e. The molecular weight excluding hydrogens is 427 g/mol. The molecule has 0 aliphatic rings. The van der Waals surface area contributed by atoms with Gasteiger partial charge in [-0.1, -0.05) is 19.9 Å². The molecule has 2 rings (SSSR count). The van der Waals surface area contributed by atoms with E-state index in [1.807, 2.05) is 13.8 Å². The number of aliphatic hydroxyl groups is 1. The third kappa shape index (κ3) is 5.12. The number of halogens is 2. The minimum Gasteiger partial charge on any atom is -0.394 e. The minimum absolute atomic E-state index is 0.0629. The molecule has 0 saturated carbocycles. The number of benzene rings is 1. The van der Waals surface area contributed by atoms with Gasteiger partial charge in [-0.2, -0.15) is 13.4 Å². The van der Waals surface area contributed by atoms with Crippen molar-refractivity contribution in [1.29, 1.82) is 0 Å². The van der Waals surface area contributed by atoms with Gasteiger partial charge in [0.2, 0.25) is 5.95 Å². The van der Waals surface area contributed by atoms with Crippen LogP contribution in [0.3, 0.4) is 0 Å². The molecule has 2 aromatic rings. The highest BCUT2D eigenvalue weighted by molar-refractivity contribution is 9.10. The van der Waals surface area contributed by atoms with Crippen molar-refractivity contribution in [2.75, 3.05) is 17.2 Å². The molecule has 0 amide bonds. The minimum atomic E-state index is -4.82. The van der Waals surface area contributed by atoms with Crippen molar-refractivity contribution in [1.82, 2.24) is 9.97 Å². The lowest BCUT2D eigenvalue weighted by Gasteiger charge is -2.21. The van der Waals surface area contributed by atoms with Gasteiger partial charge in [0.25, 0.3) is 0 Å². The highest BCUT2D eigenvalue weighted by Gasteiger charge is 2.17. The molecule has 0 fully saturated rings. The van der Waals surface area contributed by atoms with Crippen LogP contribution in [0.5, 0.6) is 0 Å². The number of hydrogen-bond acceptors (Lipinski definition) is 7. The quantitative estimate of drug-likeness (QED) is 0.559. The van der Waals surface area contributed by atoms with E-state index in [1.54, 1.807) is 6.07 Å². The maximum Gasteiger partial charge on any atom is 0.332 e. The molecule has 1 aromatic carbocycles. The van der Waals surface area contributed by atoms with Crippen LogP contribution in [0.1, 0.15) is 19.4 Å². The standard InChI is InChI=1S/C16H20BrFN4O3S/c1-9(2)13(8-23)21-15-12(17)7-19-16(22-15)20-11-5-4-10(3)14(6-11)26(18,24)25/h4-7,9,13,23H,8H2,1-3H3,(H2,19,20,21,22)/t13-/m1/s1. The zero-order chi connectivity index (χ0) is 19.5. The van der Waals surface area contributed by atoms with Crippen LogP contribution in [0, 0.1) is 12.8 Å².